The average molecular weight is 476 g/mol. The summed E-state index contributed by atoms with van der Waals surface area (Å²) in [5.41, 5.74) is 8.64. The lowest BCUT2D eigenvalue weighted by atomic mass is 10.0. The number of nitrogens with two attached hydrogens (primary N) is 1. The van der Waals surface area contributed by atoms with Crippen molar-refractivity contribution in [3.63, 3.8) is 0 Å². The molecule has 1 amide bonds. The van der Waals surface area contributed by atoms with Crippen LogP contribution in [-0.2, 0) is 22.4 Å². The number of amides is 1. The normalized spacial score (nSPS) is 14.0. The summed E-state index contributed by atoms with van der Waals surface area (Å²) in [7, 11) is 0. The molecule has 0 aliphatic carbocycles. The number of hydrogen-bond acceptors (Lipinski definition) is 5. The van der Waals surface area contributed by atoms with E-state index in [1.165, 1.54) is 6.07 Å². The van der Waals surface area contributed by atoms with E-state index in [1.807, 2.05) is 4.90 Å². The predicted octanol–water partition coefficient (Wildman–Crippen LogP) is 2.11. The standard InChI is InChI=1S/C22H26ClN5O5/c23-15-10-13(21(31)27-17(22(32)33)5-6-19(29)30)4-3-12(15)2-1-8-28-9-7-16-14(20(28)25)11-18(24)26-16/h3-4,10-11,17,25-26H,1-2,5-9,24H2,(H,27,31)(H,29,30)(H,32,33)/t17-/m0/s1. The Hall–Kier alpha value is -3.53. The summed E-state index contributed by atoms with van der Waals surface area (Å²) >= 11 is 6.35. The van der Waals surface area contributed by atoms with E-state index in [0.717, 1.165) is 36.2 Å². The van der Waals surface area contributed by atoms with E-state index in [2.05, 4.69) is 10.3 Å². The molecule has 1 aliphatic heterocycles. The second-order valence-electron chi connectivity index (χ2n) is 7.91. The molecule has 2 aromatic rings. The van der Waals surface area contributed by atoms with E-state index < -0.39 is 23.9 Å². The van der Waals surface area contributed by atoms with Gasteiger partial charge in [0.1, 0.15) is 17.7 Å². The fourth-order valence-corrected chi connectivity index (χ4v) is 4.07. The molecule has 0 unspecified atom stereocenters. The van der Waals surface area contributed by atoms with Crippen LogP contribution in [0.15, 0.2) is 24.3 Å². The first-order valence-electron chi connectivity index (χ1n) is 10.5. The highest BCUT2D eigenvalue weighted by Gasteiger charge is 2.24. The molecule has 33 heavy (non-hydrogen) atoms. The second-order valence-corrected chi connectivity index (χ2v) is 8.32. The number of anilines is 1. The molecule has 176 valence electrons. The van der Waals surface area contributed by atoms with Crippen LogP contribution in [0.25, 0.3) is 0 Å². The number of carbonyl (C=O) groups is 3. The first-order valence-corrected chi connectivity index (χ1v) is 10.9. The Balaban J connectivity index is 1.55. The molecular formula is C22H26ClN5O5. The number of aromatic amines is 1. The van der Waals surface area contributed by atoms with Crippen LogP contribution >= 0.6 is 11.6 Å². The highest BCUT2D eigenvalue weighted by atomic mass is 35.5. The van der Waals surface area contributed by atoms with Crippen LogP contribution in [0.1, 0.15) is 46.4 Å². The van der Waals surface area contributed by atoms with Crippen molar-refractivity contribution in [1.82, 2.24) is 15.2 Å². The maximum absolute atomic E-state index is 12.4. The van der Waals surface area contributed by atoms with E-state index in [0.29, 0.717) is 29.6 Å². The fraction of sp³-hybridized carbons (Fsp3) is 0.364. The number of carboxylic acid groups (broad SMARTS) is 2. The van der Waals surface area contributed by atoms with Gasteiger partial charge in [-0.25, -0.2) is 4.79 Å². The van der Waals surface area contributed by atoms with Gasteiger partial charge >= 0.3 is 11.9 Å². The lowest BCUT2D eigenvalue weighted by Gasteiger charge is -2.29. The number of halogens is 1. The Kier molecular flexibility index (Phi) is 7.59. The van der Waals surface area contributed by atoms with Crippen LogP contribution in [0.3, 0.4) is 0 Å². The Morgan fingerprint density at radius 2 is 2.03 bits per heavy atom. The minimum atomic E-state index is -1.30. The number of nitrogens with zero attached hydrogens (tertiary/aromatic N) is 1. The molecule has 11 heteroatoms. The van der Waals surface area contributed by atoms with Gasteiger partial charge in [0.15, 0.2) is 0 Å². The number of amidine groups is 1. The van der Waals surface area contributed by atoms with Gasteiger partial charge in [-0.15, -0.1) is 0 Å². The van der Waals surface area contributed by atoms with Crippen LogP contribution < -0.4 is 11.1 Å². The van der Waals surface area contributed by atoms with E-state index >= 15 is 0 Å². The van der Waals surface area contributed by atoms with Gasteiger partial charge in [0.05, 0.1) is 0 Å². The molecule has 0 saturated carbocycles. The number of rotatable bonds is 10. The van der Waals surface area contributed by atoms with E-state index in [9.17, 15) is 19.5 Å². The van der Waals surface area contributed by atoms with Crippen molar-refractivity contribution in [1.29, 1.82) is 5.41 Å². The summed E-state index contributed by atoms with van der Waals surface area (Å²) in [6.07, 6.45) is 1.60. The van der Waals surface area contributed by atoms with Gasteiger partial charge in [0.25, 0.3) is 5.91 Å². The molecule has 3 rings (SSSR count). The molecule has 0 fully saturated rings. The van der Waals surface area contributed by atoms with Crippen molar-refractivity contribution in [2.75, 3.05) is 18.8 Å². The summed E-state index contributed by atoms with van der Waals surface area (Å²) in [6.45, 7) is 1.40. The molecule has 1 aromatic heterocycles. The minimum Gasteiger partial charge on any atom is -0.481 e. The van der Waals surface area contributed by atoms with Gasteiger partial charge in [0.2, 0.25) is 0 Å². The molecule has 0 bridgehead atoms. The zero-order chi connectivity index (χ0) is 24.1. The first-order chi connectivity index (χ1) is 15.7. The number of H-pyrrole nitrogens is 1. The summed E-state index contributed by atoms with van der Waals surface area (Å²) in [5, 5.41) is 29.0. The fourth-order valence-electron chi connectivity index (χ4n) is 3.80. The molecule has 1 aromatic carbocycles. The van der Waals surface area contributed by atoms with Crippen molar-refractivity contribution in [3.8, 4) is 0 Å². The van der Waals surface area contributed by atoms with Crippen LogP contribution in [0.2, 0.25) is 5.02 Å². The Morgan fingerprint density at radius 3 is 2.70 bits per heavy atom. The van der Waals surface area contributed by atoms with Crippen molar-refractivity contribution in [2.45, 2.75) is 38.1 Å². The SMILES string of the molecule is N=C1c2cc(N)[nH]c2CCN1CCCc1ccc(C(=O)N[C@@H](CCC(=O)O)C(=O)O)cc1Cl. The second kappa shape index (κ2) is 10.4. The molecule has 0 radical (unpaired) electrons. The maximum atomic E-state index is 12.4. The van der Waals surface area contributed by atoms with Crippen molar-refractivity contribution >= 4 is 41.1 Å². The van der Waals surface area contributed by atoms with Crippen LogP contribution in [0, 0.1) is 5.41 Å². The minimum absolute atomic E-state index is 0.195. The van der Waals surface area contributed by atoms with Crippen LogP contribution in [0.4, 0.5) is 5.82 Å². The summed E-state index contributed by atoms with van der Waals surface area (Å²) < 4.78 is 0. The van der Waals surface area contributed by atoms with Crippen molar-refractivity contribution in [2.24, 2.45) is 0 Å². The van der Waals surface area contributed by atoms with E-state index in [1.54, 1.807) is 18.2 Å². The highest BCUT2D eigenvalue weighted by Crippen LogP contribution is 2.23. The molecule has 1 atom stereocenters. The molecule has 0 saturated heterocycles. The van der Waals surface area contributed by atoms with Crippen molar-refractivity contribution < 1.29 is 24.6 Å². The molecule has 10 nitrogen and oxygen atoms in total. The predicted molar refractivity (Wildman–Crippen MR) is 123 cm³/mol. The van der Waals surface area contributed by atoms with Crippen molar-refractivity contribution in [3.05, 3.63) is 51.7 Å². The number of nitrogen functional groups attached to an aromatic ring is 1. The smallest absolute Gasteiger partial charge is 0.326 e. The third kappa shape index (κ3) is 6.04. The van der Waals surface area contributed by atoms with E-state index in [4.69, 9.17) is 27.9 Å². The summed E-state index contributed by atoms with van der Waals surface area (Å²) in [4.78, 5) is 39.4. The van der Waals surface area contributed by atoms with Gasteiger partial charge in [-0.1, -0.05) is 17.7 Å². The van der Waals surface area contributed by atoms with Crippen LogP contribution in [0.5, 0.6) is 0 Å². The highest BCUT2D eigenvalue weighted by molar-refractivity contribution is 6.31. The number of hydrogen-bond donors (Lipinski definition) is 6. The quantitative estimate of drug-likeness (QED) is 0.305. The molecule has 7 N–H and O–H groups in total. The lowest BCUT2D eigenvalue weighted by molar-refractivity contribution is -0.140. The number of carbonyl (C=O) groups excluding carboxylic acids is 1. The number of carboxylic acids is 2. The largest absolute Gasteiger partial charge is 0.481 e. The third-order valence-electron chi connectivity index (χ3n) is 5.56. The Morgan fingerprint density at radius 1 is 1.27 bits per heavy atom. The zero-order valence-corrected chi connectivity index (χ0v) is 18.6. The van der Waals surface area contributed by atoms with Gasteiger partial charge < -0.3 is 31.1 Å². The molecule has 0 spiro atoms. The Labute approximate surface area is 195 Å². The topological polar surface area (TPSA) is 173 Å². The average Bonchev–Trinajstić information content (AvgIpc) is 3.14. The summed E-state index contributed by atoms with van der Waals surface area (Å²) in [5.74, 6) is -2.08. The number of aliphatic carboxylic acids is 2. The number of aromatic nitrogens is 1. The molecule has 1 aliphatic rings. The van der Waals surface area contributed by atoms with Crippen LogP contribution in [-0.4, -0.2) is 62.9 Å². The third-order valence-corrected chi connectivity index (χ3v) is 5.91. The summed E-state index contributed by atoms with van der Waals surface area (Å²) in [6, 6.07) is 5.23. The number of nitrogens with one attached hydrogen (secondary N) is 3. The zero-order valence-electron chi connectivity index (χ0n) is 17.9. The maximum Gasteiger partial charge on any atom is 0.326 e. The molecule has 2 heterocycles. The number of fused-ring (bicyclic) bond motifs is 1. The Bertz CT molecular complexity index is 1080. The molecular weight excluding hydrogens is 450 g/mol. The van der Waals surface area contributed by atoms with Gasteiger partial charge in [0, 0.05) is 47.8 Å². The van der Waals surface area contributed by atoms with Gasteiger partial charge in [-0.05, 0) is 43.0 Å². The number of aryl methyl sites for hydroxylation is 1. The number of benzene rings is 1. The van der Waals surface area contributed by atoms with Gasteiger partial charge in [-0.3, -0.25) is 15.0 Å². The van der Waals surface area contributed by atoms with Gasteiger partial charge in [-0.2, -0.15) is 0 Å². The van der Waals surface area contributed by atoms with E-state index in [-0.39, 0.29) is 18.4 Å². The first kappa shape index (κ1) is 24.1. The lowest BCUT2D eigenvalue weighted by Crippen LogP contribution is -2.41. The monoisotopic (exact) mass is 475 g/mol.